The van der Waals surface area contributed by atoms with Gasteiger partial charge in [0.25, 0.3) is 5.56 Å². The van der Waals surface area contributed by atoms with E-state index in [2.05, 4.69) is 10.2 Å². The van der Waals surface area contributed by atoms with Crippen molar-refractivity contribution in [1.82, 2.24) is 4.57 Å². The number of ether oxygens (including phenoxy) is 1. The number of aliphatic hydroxyl groups is 1. The third-order valence-corrected chi connectivity index (χ3v) is 4.00. The zero-order chi connectivity index (χ0) is 21.6. The van der Waals surface area contributed by atoms with E-state index >= 15 is 0 Å². The van der Waals surface area contributed by atoms with Crippen molar-refractivity contribution < 1.29 is 19.7 Å². The van der Waals surface area contributed by atoms with E-state index in [1.165, 1.54) is 13.0 Å². The third-order valence-electron chi connectivity index (χ3n) is 4.00. The van der Waals surface area contributed by atoms with Crippen molar-refractivity contribution in [1.29, 1.82) is 5.26 Å². The number of aromatic nitrogens is 1. The molecule has 0 aliphatic rings. The summed E-state index contributed by atoms with van der Waals surface area (Å²) in [5.74, 6) is -0.975. The first-order valence-corrected chi connectivity index (χ1v) is 9.00. The molecule has 1 heterocycles. The standard InChI is InChI=1S/C20H22N4O5/c1-12(2)29-20(28)14-6-4-7-15(10-14)22-23-17-13(3)16(11-21)18(26)24(19(17)27)8-5-9-25/h4,6-7,10,12,25-26H,5,8-9H2,1-3H3. The molecule has 1 aromatic heterocycles. The summed E-state index contributed by atoms with van der Waals surface area (Å²) in [5.41, 5.74) is -0.0368. The molecule has 0 aliphatic carbocycles. The van der Waals surface area contributed by atoms with E-state index in [1.807, 2.05) is 6.07 Å². The molecule has 0 amide bonds. The summed E-state index contributed by atoms with van der Waals surface area (Å²) in [4.78, 5) is 24.7. The summed E-state index contributed by atoms with van der Waals surface area (Å²) in [6.45, 7) is 4.81. The van der Waals surface area contributed by atoms with Crippen LogP contribution >= 0.6 is 0 Å². The van der Waals surface area contributed by atoms with Crippen LogP contribution in [0.1, 0.15) is 41.8 Å². The summed E-state index contributed by atoms with van der Waals surface area (Å²) in [6, 6.07) is 8.10. The van der Waals surface area contributed by atoms with Crippen LogP contribution < -0.4 is 5.56 Å². The quantitative estimate of drug-likeness (QED) is 0.543. The summed E-state index contributed by atoms with van der Waals surface area (Å²) in [5, 5.41) is 36.5. The van der Waals surface area contributed by atoms with Gasteiger partial charge in [0.05, 0.1) is 17.4 Å². The fourth-order valence-corrected chi connectivity index (χ4v) is 2.58. The summed E-state index contributed by atoms with van der Waals surface area (Å²) in [7, 11) is 0. The number of nitrogens with zero attached hydrogens (tertiary/aromatic N) is 4. The molecule has 0 spiro atoms. The Labute approximate surface area is 167 Å². The van der Waals surface area contributed by atoms with Crippen LogP contribution in [0.4, 0.5) is 11.4 Å². The number of aromatic hydroxyl groups is 1. The number of azo groups is 1. The molecule has 0 saturated carbocycles. The first kappa shape index (κ1) is 21.8. The largest absolute Gasteiger partial charge is 0.493 e. The number of nitriles is 1. The van der Waals surface area contributed by atoms with Gasteiger partial charge in [-0.25, -0.2) is 4.79 Å². The number of carbonyl (C=O) groups is 1. The van der Waals surface area contributed by atoms with E-state index < -0.39 is 17.4 Å². The number of aliphatic hydroxyl groups excluding tert-OH is 1. The zero-order valence-electron chi connectivity index (χ0n) is 16.4. The fraction of sp³-hybridized carbons (Fsp3) is 0.350. The van der Waals surface area contributed by atoms with Crippen LogP contribution in [0.2, 0.25) is 0 Å². The minimum Gasteiger partial charge on any atom is -0.493 e. The number of benzene rings is 1. The van der Waals surface area contributed by atoms with Crippen LogP contribution in [0.25, 0.3) is 0 Å². The highest BCUT2D eigenvalue weighted by atomic mass is 16.5. The van der Waals surface area contributed by atoms with Crippen LogP contribution in [-0.4, -0.2) is 33.5 Å². The molecule has 2 N–H and O–H groups in total. The number of carbonyl (C=O) groups excluding carboxylic acids is 1. The average Bonchev–Trinajstić information content (AvgIpc) is 2.68. The number of hydrogen-bond acceptors (Lipinski definition) is 8. The lowest BCUT2D eigenvalue weighted by Gasteiger charge is -2.12. The first-order chi connectivity index (χ1) is 13.8. The minimum atomic E-state index is -0.633. The smallest absolute Gasteiger partial charge is 0.338 e. The van der Waals surface area contributed by atoms with Gasteiger partial charge in [-0.1, -0.05) is 6.07 Å². The van der Waals surface area contributed by atoms with Crippen molar-refractivity contribution in [2.24, 2.45) is 10.2 Å². The SMILES string of the molecule is Cc1c(C#N)c(O)n(CCCO)c(=O)c1N=Nc1cccc(C(=O)OC(C)C)c1. The second-order valence-corrected chi connectivity index (χ2v) is 6.52. The summed E-state index contributed by atoms with van der Waals surface area (Å²) >= 11 is 0. The van der Waals surface area contributed by atoms with Gasteiger partial charge in [-0.05, 0) is 45.4 Å². The maximum Gasteiger partial charge on any atom is 0.338 e. The van der Waals surface area contributed by atoms with Gasteiger partial charge >= 0.3 is 5.97 Å². The van der Waals surface area contributed by atoms with Gasteiger partial charge in [0, 0.05) is 18.7 Å². The Balaban J connectivity index is 2.46. The van der Waals surface area contributed by atoms with Crippen LogP contribution in [0, 0.1) is 18.3 Å². The fourth-order valence-electron chi connectivity index (χ4n) is 2.58. The van der Waals surface area contributed by atoms with Crippen molar-refractivity contribution in [3.05, 3.63) is 51.3 Å². The molecule has 9 nitrogen and oxygen atoms in total. The summed E-state index contributed by atoms with van der Waals surface area (Å²) in [6.07, 6.45) is -0.0490. The van der Waals surface area contributed by atoms with Gasteiger partial charge < -0.3 is 14.9 Å². The minimum absolute atomic E-state index is 0.0230. The predicted molar refractivity (Wildman–Crippen MR) is 105 cm³/mol. The molecule has 9 heteroatoms. The Morgan fingerprint density at radius 3 is 2.69 bits per heavy atom. The van der Waals surface area contributed by atoms with Gasteiger partial charge in [0.2, 0.25) is 5.88 Å². The highest BCUT2D eigenvalue weighted by Crippen LogP contribution is 2.27. The van der Waals surface area contributed by atoms with Gasteiger partial charge in [0.1, 0.15) is 11.6 Å². The number of esters is 1. The lowest BCUT2D eigenvalue weighted by molar-refractivity contribution is 0.0378. The normalized spacial score (nSPS) is 11.0. The van der Waals surface area contributed by atoms with E-state index in [4.69, 9.17) is 9.84 Å². The lowest BCUT2D eigenvalue weighted by atomic mass is 10.1. The molecular weight excluding hydrogens is 376 g/mol. The molecule has 152 valence electrons. The van der Waals surface area contributed by atoms with E-state index in [9.17, 15) is 20.0 Å². The summed E-state index contributed by atoms with van der Waals surface area (Å²) < 4.78 is 6.12. The van der Waals surface area contributed by atoms with Crippen LogP contribution in [-0.2, 0) is 11.3 Å². The van der Waals surface area contributed by atoms with Crippen LogP contribution in [0.3, 0.4) is 0 Å². The van der Waals surface area contributed by atoms with Crippen molar-refractivity contribution in [2.75, 3.05) is 6.61 Å². The molecule has 0 saturated heterocycles. The average molecular weight is 398 g/mol. The molecule has 0 atom stereocenters. The van der Waals surface area contributed by atoms with Crippen molar-refractivity contribution in [3.8, 4) is 11.9 Å². The van der Waals surface area contributed by atoms with Gasteiger partial charge in [-0.15, -0.1) is 5.11 Å². The molecule has 0 radical (unpaired) electrons. The van der Waals surface area contributed by atoms with Crippen LogP contribution in [0.5, 0.6) is 5.88 Å². The molecule has 0 bridgehead atoms. The lowest BCUT2D eigenvalue weighted by Crippen LogP contribution is -2.22. The number of pyridine rings is 1. The second-order valence-electron chi connectivity index (χ2n) is 6.52. The predicted octanol–water partition coefficient (Wildman–Crippen LogP) is 3.10. The molecule has 0 fully saturated rings. The maximum atomic E-state index is 12.7. The highest BCUT2D eigenvalue weighted by Gasteiger charge is 2.19. The molecule has 1 aromatic carbocycles. The Hall–Kier alpha value is -3.51. The van der Waals surface area contributed by atoms with Gasteiger partial charge in [-0.3, -0.25) is 9.36 Å². The molecular formula is C20H22N4O5. The molecule has 0 unspecified atom stereocenters. The highest BCUT2D eigenvalue weighted by molar-refractivity contribution is 5.90. The molecule has 2 rings (SSSR count). The van der Waals surface area contributed by atoms with Crippen LogP contribution in [0.15, 0.2) is 39.3 Å². The van der Waals surface area contributed by atoms with E-state index in [1.54, 1.807) is 32.0 Å². The third kappa shape index (κ3) is 5.06. The Morgan fingerprint density at radius 1 is 1.34 bits per heavy atom. The molecule has 0 aliphatic heterocycles. The van der Waals surface area contributed by atoms with Crippen molar-refractivity contribution in [3.63, 3.8) is 0 Å². The topological polar surface area (TPSA) is 137 Å². The zero-order valence-corrected chi connectivity index (χ0v) is 16.4. The van der Waals surface area contributed by atoms with E-state index in [0.29, 0.717) is 5.69 Å². The monoisotopic (exact) mass is 398 g/mol. The Morgan fingerprint density at radius 2 is 2.07 bits per heavy atom. The Bertz CT molecular complexity index is 1030. The maximum absolute atomic E-state index is 12.7. The molecule has 29 heavy (non-hydrogen) atoms. The Kier molecular flexibility index (Phi) is 7.22. The van der Waals surface area contributed by atoms with E-state index in [0.717, 1.165) is 4.57 Å². The van der Waals surface area contributed by atoms with Crippen molar-refractivity contribution >= 4 is 17.3 Å². The van der Waals surface area contributed by atoms with Gasteiger partial charge in [0.15, 0.2) is 5.69 Å². The van der Waals surface area contributed by atoms with Crippen molar-refractivity contribution in [2.45, 2.75) is 39.8 Å². The second kappa shape index (κ2) is 9.61. The first-order valence-electron chi connectivity index (χ1n) is 9.00. The number of hydrogen-bond donors (Lipinski definition) is 2. The van der Waals surface area contributed by atoms with Gasteiger partial charge in [-0.2, -0.15) is 10.4 Å². The van der Waals surface area contributed by atoms with E-state index in [-0.39, 0.29) is 48.1 Å². The number of rotatable bonds is 7. The molecule has 2 aromatic rings.